The van der Waals surface area contributed by atoms with Crippen LogP contribution in [0.2, 0.25) is 0 Å². The number of aryl methyl sites for hydroxylation is 1. The molecule has 1 atom stereocenters. The van der Waals surface area contributed by atoms with Crippen molar-refractivity contribution < 1.29 is 4.74 Å². The van der Waals surface area contributed by atoms with Gasteiger partial charge in [0.1, 0.15) is 12.2 Å². The highest BCUT2D eigenvalue weighted by atomic mass is 16.5. The average molecular weight is 239 g/mol. The maximum absolute atomic E-state index is 5.68. The first-order valence-electron chi connectivity index (χ1n) is 6.18. The lowest BCUT2D eigenvalue weighted by molar-refractivity contribution is -0.0302. The van der Waals surface area contributed by atoms with E-state index in [2.05, 4.69) is 27.2 Å². The maximum atomic E-state index is 5.68. The third kappa shape index (κ3) is 3.24. The number of ether oxygens (including phenoxy) is 1. The predicted octanol–water partition coefficient (Wildman–Crippen LogP) is -0.282. The fourth-order valence-corrected chi connectivity index (χ4v) is 2.15. The molecule has 0 bridgehead atoms. The molecule has 1 aromatic heterocycles. The monoisotopic (exact) mass is 239 g/mol. The molecular weight excluding hydrogens is 218 g/mol. The Morgan fingerprint density at radius 2 is 2.47 bits per heavy atom. The highest BCUT2D eigenvalue weighted by Crippen LogP contribution is 2.08. The van der Waals surface area contributed by atoms with Crippen LogP contribution in [0.25, 0.3) is 0 Å². The van der Waals surface area contributed by atoms with Gasteiger partial charge in [-0.05, 0) is 14.0 Å². The van der Waals surface area contributed by atoms with Crippen LogP contribution in [0, 0.1) is 0 Å². The Kier molecular flexibility index (Phi) is 4.47. The Bertz CT molecular complexity index is 338. The van der Waals surface area contributed by atoms with Gasteiger partial charge in [0.05, 0.1) is 19.3 Å². The van der Waals surface area contributed by atoms with Crippen molar-refractivity contribution >= 4 is 0 Å². The van der Waals surface area contributed by atoms with Crippen LogP contribution in [0.1, 0.15) is 12.7 Å². The summed E-state index contributed by atoms with van der Waals surface area (Å²) in [6.07, 6.45) is 1.91. The lowest BCUT2D eigenvalue weighted by atomic mass is 10.2. The van der Waals surface area contributed by atoms with Crippen LogP contribution in [-0.2, 0) is 17.8 Å². The summed E-state index contributed by atoms with van der Waals surface area (Å²) in [5.41, 5.74) is 0. The van der Waals surface area contributed by atoms with Crippen molar-refractivity contribution in [2.24, 2.45) is 0 Å². The second-order valence-electron chi connectivity index (χ2n) is 4.28. The average Bonchev–Trinajstić information content (AvgIpc) is 2.77. The Morgan fingerprint density at radius 1 is 1.59 bits per heavy atom. The molecule has 0 aliphatic carbocycles. The molecule has 17 heavy (non-hydrogen) atoms. The molecule has 96 valence electrons. The van der Waals surface area contributed by atoms with E-state index in [-0.39, 0.29) is 6.10 Å². The van der Waals surface area contributed by atoms with Crippen LogP contribution in [-0.4, -0.2) is 59.1 Å². The predicted molar refractivity (Wildman–Crippen MR) is 64.6 cm³/mol. The van der Waals surface area contributed by atoms with E-state index in [9.17, 15) is 0 Å². The minimum absolute atomic E-state index is 0.284. The Labute approximate surface area is 102 Å². The molecule has 6 heteroatoms. The molecule has 0 amide bonds. The van der Waals surface area contributed by atoms with Gasteiger partial charge in [-0.15, -0.1) is 0 Å². The van der Waals surface area contributed by atoms with Crippen LogP contribution in [0.5, 0.6) is 0 Å². The van der Waals surface area contributed by atoms with Gasteiger partial charge in [-0.25, -0.2) is 9.67 Å². The van der Waals surface area contributed by atoms with Crippen molar-refractivity contribution in [2.75, 3.05) is 33.3 Å². The summed E-state index contributed by atoms with van der Waals surface area (Å²) >= 11 is 0. The molecule has 2 rings (SSSR count). The van der Waals surface area contributed by atoms with E-state index in [4.69, 9.17) is 4.74 Å². The number of nitrogens with zero attached hydrogens (tertiary/aromatic N) is 4. The SMILES string of the molecule is CCn1ncnc1CN1CCOC(CNC)C1. The van der Waals surface area contributed by atoms with Gasteiger partial charge in [0.2, 0.25) is 0 Å². The fourth-order valence-electron chi connectivity index (χ4n) is 2.15. The van der Waals surface area contributed by atoms with Crippen LogP contribution < -0.4 is 5.32 Å². The number of morpholine rings is 1. The Balaban J connectivity index is 1.90. The lowest BCUT2D eigenvalue weighted by Crippen LogP contribution is -2.46. The summed E-state index contributed by atoms with van der Waals surface area (Å²) in [4.78, 5) is 6.68. The van der Waals surface area contributed by atoms with E-state index in [1.807, 2.05) is 11.7 Å². The fraction of sp³-hybridized carbons (Fsp3) is 0.818. The van der Waals surface area contributed by atoms with Gasteiger partial charge < -0.3 is 10.1 Å². The summed E-state index contributed by atoms with van der Waals surface area (Å²) < 4.78 is 7.62. The molecule has 0 spiro atoms. The van der Waals surface area contributed by atoms with Crippen LogP contribution in [0.4, 0.5) is 0 Å². The molecule has 6 nitrogen and oxygen atoms in total. The van der Waals surface area contributed by atoms with Crippen LogP contribution in [0.3, 0.4) is 0 Å². The molecule has 0 aromatic carbocycles. The number of hydrogen-bond acceptors (Lipinski definition) is 5. The van der Waals surface area contributed by atoms with E-state index < -0.39 is 0 Å². The zero-order valence-corrected chi connectivity index (χ0v) is 10.6. The maximum Gasteiger partial charge on any atom is 0.140 e. The van der Waals surface area contributed by atoms with E-state index in [0.29, 0.717) is 0 Å². The second-order valence-corrected chi connectivity index (χ2v) is 4.28. The summed E-state index contributed by atoms with van der Waals surface area (Å²) in [6, 6.07) is 0. The van der Waals surface area contributed by atoms with Gasteiger partial charge >= 0.3 is 0 Å². The largest absolute Gasteiger partial charge is 0.374 e. The summed E-state index contributed by atoms with van der Waals surface area (Å²) in [5.74, 6) is 1.04. The van der Waals surface area contributed by atoms with Crippen molar-refractivity contribution in [3.05, 3.63) is 12.2 Å². The molecule has 1 aromatic rings. The quantitative estimate of drug-likeness (QED) is 0.766. The first-order valence-corrected chi connectivity index (χ1v) is 6.18. The van der Waals surface area contributed by atoms with Crippen molar-refractivity contribution in [3.63, 3.8) is 0 Å². The molecule has 0 saturated carbocycles. The molecular formula is C11H21N5O. The van der Waals surface area contributed by atoms with Crippen LogP contribution >= 0.6 is 0 Å². The van der Waals surface area contributed by atoms with Crippen molar-refractivity contribution in [1.29, 1.82) is 0 Å². The van der Waals surface area contributed by atoms with Gasteiger partial charge in [-0.1, -0.05) is 0 Å². The molecule has 1 N–H and O–H groups in total. The van der Waals surface area contributed by atoms with E-state index in [1.54, 1.807) is 6.33 Å². The van der Waals surface area contributed by atoms with Crippen LogP contribution in [0.15, 0.2) is 6.33 Å². The molecule has 1 saturated heterocycles. The van der Waals surface area contributed by atoms with E-state index >= 15 is 0 Å². The number of rotatable bonds is 5. The van der Waals surface area contributed by atoms with Crippen molar-refractivity contribution in [2.45, 2.75) is 26.1 Å². The summed E-state index contributed by atoms with van der Waals surface area (Å²) in [7, 11) is 1.95. The zero-order valence-electron chi connectivity index (χ0n) is 10.6. The highest BCUT2D eigenvalue weighted by Gasteiger charge is 2.21. The standard InChI is InChI=1S/C11H21N5O/c1-3-16-11(13-9-14-16)8-15-4-5-17-10(7-15)6-12-2/h9-10,12H,3-8H2,1-2H3. The first-order chi connectivity index (χ1) is 8.33. The molecule has 2 heterocycles. The normalized spacial score (nSPS) is 21.9. The highest BCUT2D eigenvalue weighted by molar-refractivity contribution is 4.86. The van der Waals surface area contributed by atoms with Gasteiger partial charge in [0.25, 0.3) is 0 Å². The third-order valence-corrected chi connectivity index (χ3v) is 3.01. The number of nitrogens with one attached hydrogen (secondary N) is 1. The van der Waals surface area contributed by atoms with Gasteiger partial charge in [-0.3, -0.25) is 4.90 Å². The van der Waals surface area contributed by atoms with E-state index in [1.165, 1.54) is 0 Å². The smallest absolute Gasteiger partial charge is 0.140 e. The van der Waals surface area contributed by atoms with E-state index in [0.717, 1.165) is 45.2 Å². The van der Waals surface area contributed by atoms with Crippen molar-refractivity contribution in [1.82, 2.24) is 25.0 Å². The Hall–Kier alpha value is -0.980. The molecule has 0 radical (unpaired) electrons. The number of aromatic nitrogens is 3. The number of likely N-dealkylation sites (N-methyl/N-ethyl adjacent to an activating group) is 1. The Morgan fingerprint density at radius 3 is 3.24 bits per heavy atom. The van der Waals surface area contributed by atoms with Gasteiger partial charge in [-0.2, -0.15) is 5.10 Å². The second kappa shape index (κ2) is 6.09. The minimum Gasteiger partial charge on any atom is -0.374 e. The zero-order chi connectivity index (χ0) is 12.1. The van der Waals surface area contributed by atoms with Gasteiger partial charge in [0.15, 0.2) is 0 Å². The summed E-state index contributed by atoms with van der Waals surface area (Å²) in [6.45, 7) is 7.44. The minimum atomic E-state index is 0.284. The molecule has 1 unspecified atom stereocenters. The lowest BCUT2D eigenvalue weighted by Gasteiger charge is -2.32. The first kappa shape index (κ1) is 12.5. The molecule has 1 aliphatic rings. The van der Waals surface area contributed by atoms with Gasteiger partial charge in [0, 0.05) is 26.2 Å². The van der Waals surface area contributed by atoms with Crippen molar-refractivity contribution in [3.8, 4) is 0 Å². The topological polar surface area (TPSA) is 55.2 Å². The summed E-state index contributed by atoms with van der Waals surface area (Å²) in [5, 5.41) is 7.35. The molecule has 1 fully saturated rings. The molecule has 1 aliphatic heterocycles. The number of hydrogen-bond donors (Lipinski definition) is 1. The third-order valence-electron chi connectivity index (χ3n) is 3.01.